The van der Waals surface area contributed by atoms with Crippen molar-refractivity contribution >= 4 is 35.0 Å². The first-order chi connectivity index (χ1) is 19.7. The van der Waals surface area contributed by atoms with E-state index in [-0.39, 0.29) is 23.8 Å². The minimum Gasteiger partial charge on any atom is -0.359 e. The largest absolute Gasteiger partial charge is 0.359 e. The summed E-state index contributed by atoms with van der Waals surface area (Å²) in [4.78, 5) is 46.3. The molecular formula is C32H43ClN4O4. The van der Waals surface area contributed by atoms with E-state index in [4.69, 9.17) is 16.3 Å². The van der Waals surface area contributed by atoms with Crippen LogP contribution in [0.5, 0.6) is 0 Å². The van der Waals surface area contributed by atoms with Gasteiger partial charge in [0.15, 0.2) is 0 Å². The number of rotatable bonds is 7. The maximum absolute atomic E-state index is 14.3. The van der Waals surface area contributed by atoms with E-state index in [0.717, 1.165) is 32.2 Å². The molecule has 222 valence electrons. The molecule has 1 aliphatic carbocycles. The maximum atomic E-state index is 14.3. The highest BCUT2D eigenvalue weighted by atomic mass is 35.5. The molecule has 1 aromatic rings. The van der Waals surface area contributed by atoms with E-state index in [2.05, 4.69) is 36.3 Å². The molecule has 41 heavy (non-hydrogen) atoms. The van der Waals surface area contributed by atoms with E-state index >= 15 is 0 Å². The fraction of sp³-hybridized carbons (Fsp3) is 0.656. The minimum atomic E-state index is -1.15. The van der Waals surface area contributed by atoms with Crippen LogP contribution in [-0.4, -0.2) is 77.0 Å². The second-order valence-corrected chi connectivity index (χ2v) is 13.4. The van der Waals surface area contributed by atoms with Gasteiger partial charge in [-0.3, -0.25) is 19.3 Å². The summed E-state index contributed by atoms with van der Waals surface area (Å²) in [5, 5.41) is 6.81. The quantitative estimate of drug-likeness (QED) is 0.469. The fourth-order valence-electron chi connectivity index (χ4n) is 8.07. The van der Waals surface area contributed by atoms with Gasteiger partial charge in [-0.15, -0.1) is 0 Å². The van der Waals surface area contributed by atoms with Crippen molar-refractivity contribution in [2.75, 3.05) is 25.0 Å². The zero-order chi connectivity index (χ0) is 28.9. The van der Waals surface area contributed by atoms with Crippen LogP contribution in [-0.2, 0) is 19.1 Å². The lowest BCUT2D eigenvalue weighted by Gasteiger charge is -2.39. The third-order valence-corrected chi connectivity index (χ3v) is 10.9. The highest BCUT2D eigenvalue weighted by Gasteiger charge is 2.72. The third-order valence-electron chi connectivity index (χ3n) is 10.6. The van der Waals surface area contributed by atoms with Crippen LogP contribution in [0.1, 0.15) is 59.3 Å². The molecule has 9 atom stereocenters. The van der Waals surface area contributed by atoms with Gasteiger partial charge in [0.1, 0.15) is 11.6 Å². The number of benzene rings is 1. The Labute approximate surface area is 248 Å². The third kappa shape index (κ3) is 5.10. The Morgan fingerprint density at radius 1 is 1.07 bits per heavy atom. The first kappa shape index (κ1) is 28.7. The topological polar surface area (TPSA) is 91.0 Å². The smallest absolute Gasteiger partial charge is 0.246 e. The van der Waals surface area contributed by atoms with Crippen molar-refractivity contribution in [1.29, 1.82) is 0 Å². The average molecular weight is 583 g/mol. The van der Waals surface area contributed by atoms with Crippen LogP contribution >= 0.6 is 11.6 Å². The zero-order valence-electron chi connectivity index (χ0n) is 24.4. The molecule has 0 aromatic heterocycles. The van der Waals surface area contributed by atoms with E-state index < -0.39 is 29.6 Å². The minimum absolute atomic E-state index is 0.0604. The highest BCUT2D eigenvalue weighted by Crippen LogP contribution is 2.55. The molecule has 9 heteroatoms. The van der Waals surface area contributed by atoms with Gasteiger partial charge in [-0.05, 0) is 62.8 Å². The first-order valence-corrected chi connectivity index (χ1v) is 15.9. The molecule has 2 bridgehead atoms. The molecule has 3 amide bonds. The summed E-state index contributed by atoms with van der Waals surface area (Å²) in [6, 6.07) is 6.67. The summed E-state index contributed by atoms with van der Waals surface area (Å²) in [5.41, 5.74) is -0.585. The van der Waals surface area contributed by atoms with Crippen LogP contribution in [0.15, 0.2) is 36.4 Å². The van der Waals surface area contributed by atoms with Gasteiger partial charge in [0, 0.05) is 35.9 Å². The molecule has 8 nitrogen and oxygen atoms in total. The van der Waals surface area contributed by atoms with E-state index in [9.17, 15) is 14.4 Å². The molecule has 0 unspecified atom stereocenters. The second-order valence-electron chi connectivity index (χ2n) is 13.0. The Morgan fingerprint density at radius 2 is 1.90 bits per heavy atom. The number of likely N-dealkylation sites (tertiary alicyclic amines) is 2. The number of fused-ring (bicyclic) bond motifs is 1. The molecule has 1 spiro atoms. The van der Waals surface area contributed by atoms with Crippen LogP contribution in [0, 0.1) is 23.7 Å². The van der Waals surface area contributed by atoms with Gasteiger partial charge < -0.3 is 20.3 Å². The van der Waals surface area contributed by atoms with E-state index in [0.29, 0.717) is 41.7 Å². The Kier molecular flexibility index (Phi) is 7.94. The molecule has 2 N–H and O–H groups in total. The number of piperidine rings is 1. The van der Waals surface area contributed by atoms with Crippen LogP contribution in [0.4, 0.5) is 5.69 Å². The van der Waals surface area contributed by atoms with Crippen molar-refractivity contribution in [1.82, 2.24) is 15.1 Å². The van der Waals surface area contributed by atoms with Crippen molar-refractivity contribution in [3.8, 4) is 0 Å². The first-order valence-electron chi connectivity index (χ1n) is 15.5. The van der Waals surface area contributed by atoms with Crippen molar-refractivity contribution in [3.05, 3.63) is 41.4 Å². The lowest BCUT2D eigenvalue weighted by Crippen LogP contribution is -2.58. The molecular weight excluding hydrogens is 540 g/mol. The monoisotopic (exact) mass is 582 g/mol. The van der Waals surface area contributed by atoms with Crippen molar-refractivity contribution < 1.29 is 19.1 Å². The lowest BCUT2D eigenvalue weighted by atomic mass is 9.73. The molecule has 0 radical (unpaired) electrons. The van der Waals surface area contributed by atoms with Crippen LogP contribution < -0.4 is 10.6 Å². The van der Waals surface area contributed by atoms with Gasteiger partial charge in [0.05, 0.1) is 17.9 Å². The summed E-state index contributed by atoms with van der Waals surface area (Å²) in [5.74, 6) is -1.23. The van der Waals surface area contributed by atoms with Crippen LogP contribution in [0.2, 0.25) is 5.02 Å². The Bertz CT molecular complexity index is 1220. The van der Waals surface area contributed by atoms with E-state index in [1.165, 1.54) is 12.8 Å². The fourth-order valence-corrected chi connectivity index (χ4v) is 8.26. The highest BCUT2D eigenvalue weighted by molar-refractivity contribution is 6.30. The van der Waals surface area contributed by atoms with Gasteiger partial charge in [-0.2, -0.15) is 0 Å². The second kappa shape index (κ2) is 11.3. The summed E-state index contributed by atoms with van der Waals surface area (Å²) >= 11 is 6.15. The van der Waals surface area contributed by atoms with E-state index in [1.807, 2.05) is 12.2 Å². The number of anilines is 1. The van der Waals surface area contributed by atoms with Crippen molar-refractivity contribution in [2.45, 2.75) is 89.1 Å². The average Bonchev–Trinajstić information content (AvgIpc) is 3.58. The number of nitrogens with zero attached hydrogens (tertiary/aromatic N) is 2. The van der Waals surface area contributed by atoms with Gasteiger partial charge >= 0.3 is 0 Å². The number of carbonyl (C=O) groups is 3. The molecule has 1 saturated carbocycles. The van der Waals surface area contributed by atoms with Gasteiger partial charge in [-0.25, -0.2) is 0 Å². The number of halogens is 1. The molecule has 5 aliphatic rings. The number of hydrogen-bond acceptors (Lipinski definition) is 5. The Balaban J connectivity index is 1.28. The molecule has 3 saturated heterocycles. The summed E-state index contributed by atoms with van der Waals surface area (Å²) in [7, 11) is 0. The van der Waals surface area contributed by atoms with Crippen molar-refractivity contribution in [2.24, 2.45) is 23.7 Å². The zero-order valence-corrected chi connectivity index (χ0v) is 25.1. The Morgan fingerprint density at radius 3 is 2.68 bits per heavy atom. The van der Waals surface area contributed by atoms with Crippen LogP contribution in [0.25, 0.3) is 0 Å². The summed E-state index contributed by atoms with van der Waals surface area (Å²) in [6.07, 6.45) is 9.89. The van der Waals surface area contributed by atoms with Gasteiger partial charge in [-0.1, -0.05) is 62.9 Å². The standard InChI is InChI=1S/C32H43ClN4O4/c1-19-8-6-12-24(21(19)3)35-30(39)28-32-14-13-25(41-32)26(29(38)34-23-11-7-10-22(33)18-23)27(32)31(40)37(28)17-16-36-15-5-4-9-20(36)2/h7,10-11,13-14,18-21,24-28H,4-6,8-9,12,15-17H2,1-3H3,(H,34,38)(H,35,39)/t19-,20+,21-,24+,25+,26+,27+,28+,32+/m1/s1. The summed E-state index contributed by atoms with van der Waals surface area (Å²) in [6.45, 7) is 8.81. The number of amides is 3. The predicted molar refractivity (Wildman–Crippen MR) is 158 cm³/mol. The van der Waals surface area contributed by atoms with Crippen molar-refractivity contribution in [3.63, 3.8) is 0 Å². The SMILES string of the molecule is C[C@@H]1[C@H](C)CCC[C@@H]1NC(=O)[C@@H]1N(CCN2CCCC[C@@H]2C)C(=O)[C@@H]2[C@@H](C(=O)Nc3cccc(Cl)c3)[C@@H]3C=C[C@]21O3. The lowest BCUT2D eigenvalue weighted by molar-refractivity contribution is -0.142. The predicted octanol–water partition coefficient (Wildman–Crippen LogP) is 4.24. The number of hydrogen-bond donors (Lipinski definition) is 2. The molecule has 1 aromatic carbocycles. The summed E-state index contributed by atoms with van der Waals surface area (Å²) < 4.78 is 6.53. The molecule has 6 rings (SSSR count). The van der Waals surface area contributed by atoms with E-state index in [1.54, 1.807) is 29.2 Å². The number of ether oxygens (including phenoxy) is 1. The van der Waals surface area contributed by atoms with Crippen LogP contribution in [0.3, 0.4) is 0 Å². The molecule has 4 fully saturated rings. The van der Waals surface area contributed by atoms with Gasteiger partial charge in [0.2, 0.25) is 17.7 Å². The molecule has 4 heterocycles. The Hall–Kier alpha value is -2.42. The van der Waals surface area contributed by atoms with Gasteiger partial charge in [0.25, 0.3) is 0 Å². The maximum Gasteiger partial charge on any atom is 0.246 e. The molecule has 4 aliphatic heterocycles. The number of carbonyl (C=O) groups excluding carboxylic acids is 3. The number of nitrogens with one attached hydrogen (secondary N) is 2. The normalized spacial score (nSPS) is 38.2.